The molecule has 13 heteroatoms. The van der Waals surface area contributed by atoms with Gasteiger partial charge in [0.1, 0.15) is 23.5 Å². The lowest BCUT2D eigenvalue weighted by molar-refractivity contribution is -0.627. The fourth-order valence-electron chi connectivity index (χ4n) is 10.1. The average Bonchev–Trinajstić information content (AvgIpc) is 3.76. The fraction of sp³-hybridized carbons (Fsp3) is 0.393. The standard InChI is InChI=1S/C28H23N9O4/c1-36-13-6-11(2-3-15(13)41-26(36)40)8-29-23(38)12-7-14(37-16(34-12)4-5-33-37)24(39)30-9-27-17-20-18(27)22-19(27)21(17)28(20,22)25-31-10-32-35-25/h2-7,10,17-22H,8-9H2,1H3,(H,29,38)(H,30,39)(H,31,32,35). The summed E-state index contributed by atoms with van der Waals surface area (Å²) in [6.07, 6.45) is 3.17. The number of nitrogens with one attached hydrogen (secondary N) is 3. The highest BCUT2D eigenvalue weighted by Crippen LogP contribution is 3.09. The molecule has 5 aromatic rings. The topological polar surface area (TPSA) is 165 Å². The van der Waals surface area contributed by atoms with Crippen LogP contribution >= 0.6 is 0 Å². The van der Waals surface area contributed by atoms with Crippen LogP contribution in [-0.2, 0) is 19.0 Å². The van der Waals surface area contributed by atoms with Crippen LogP contribution in [0.3, 0.4) is 0 Å². The Balaban J connectivity index is 0.859. The molecule has 0 saturated heterocycles. The Labute approximate surface area is 230 Å². The molecule has 0 spiro atoms. The van der Waals surface area contributed by atoms with Gasteiger partial charge in [0.2, 0.25) is 0 Å². The van der Waals surface area contributed by atoms with E-state index >= 15 is 0 Å². The Morgan fingerprint density at radius 1 is 1.05 bits per heavy atom. The molecule has 204 valence electrons. The average molecular weight is 550 g/mol. The number of nitrogens with zero attached hydrogens (tertiary/aromatic N) is 6. The number of aryl methyl sites for hydroxylation is 1. The zero-order valence-electron chi connectivity index (χ0n) is 21.7. The second-order valence-corrected chi connectivity index (χ2v) is 12.3. The minimum absolute atomic E-state index is 0.130. The highest BCUT2D eigenvalue weighted by molar-refractivity contribution is 5.98. The molecular formula is C28H23N9O4. The minimum Gasteiger partial charge on any atom is -0.408 e. The fourth-order valence-corrected chi connectivity index (χ4v) is 10.1. The smallest absolute Gasteiger partial charge is 0.408 e. The number of hydrogen-bond acceptors (Lipinski definition) is 8. The van der Waals surface area contributed by atoms with Crippen LogP contribution in [0.2, 0.25) is 0 Å². The number of carbonyl (C=O) groups is 2. The van der Waals surface area contributed by atoms with Gasteiger partial charge in [-0.3, -0.25) is 19.3 Å². The SMILES string of the molecule is Cn1c(=O)oc2ccc(CNC(=O)c3cc(C(=O)NCC45C6C7C4C4C5C6C74c4ncn[nH]4)n4nccc4n3)cc21. The van der Waals surface area contributed by atoms with Gasteiger partial charge in [0, 0.05) is 37.7 Å². The maximum Gasteiger partial charge on any atom is 0.419 e. The summed E-state index contributed by atoms with van der Waals surface area (Å²) in [5.74, 6) is 3.99. The molecule has 4 heterocycles. The number of carbonyl (C=O) groups excluding carboxylic acids is 2. The lowest BCUT2D eigenvalue weighted by Gasteiger charge is -3.11. The molecule has 11 rings (SSSR count). The van der Waals surface area contributed by atoms with Crippen LogP contribution in [0.1, 0.15) is 32.4 Å². The third-order valence-electron chi connectivity index (χ3n) is 11.4. The zero-order chi connectivity index (χ0) is 27.4. The van der Waals surface area contributed by atoms with Gasteiger partial charge in [0.25, 0.3) is 11.8 Å². The third kappa shape index (κ3) is 2.15. The third-order valence-corrected chi connectivity index (χ3v) is 11.4. The minimum atomic E-state index is -0.444. The summed E-state index contributed by atoms with van der Waals surface area (Å²) < 4.78 is 8.06. The van der Waals surface area contributed by atoms with E-state index in [1.165, 1.54) is 15.1 Å². The van der Waals surface area contributed by atoms with Gasteiger partial charge in [-0.1, -0.05) is 6.07 Å². The number of H-pyrrole nitrogens is 1. The van der Waals surface area contributed by atoms with Crippen molar-refractivity contribution in [3.8, 4) is 0 Å². The van der Waals surface area contributed by atoms with Gasteiger partial charge in [0.15, 0.2) is 11.2 Å². The van der Waals surface area contributed by atoms with Crippen molar-refractivity contribution >= 4 is 28.6 Å². The van der Waals surface area contributed by atoms with Crippen LogP contribution in [0.15, 0.2) is 52.1 Å². The van der Waals surface area contributed by atoms with Crippen LogP contribution in [0.25, 0.3) is 16.7 Å². The molecule has 6 aliphatic carbocycles. The number of oxazole rings is 1. The Bertz CT molecular complexity index is 2000. The first-order valence-corrected chi connectivity index (χ1v) is 13.8. The molecule has 0 aliphatic heterocycles. The summed E-state index contributed by atoms with van der Waals surface area (Å²) in [4.78, 5) is 47.3. The molecule has 13 nitrogen and oxygen atoms in total. The predicted molar refractivity (Wildman–Crippen MR) is 139 cm³/mol. The highest BCUT2D eigenvalue weighted by atomic mass is 16.4. The van der Waals surface area contributed by atoms with E-state index in [4.69, 9.17) is 4.42 Å². The monoisotopic (exact) mass is 549 g/mol. The lowest BCUT2D eigenvalue weighted by Crippen LogP contribution is -3.12. The summed E-state index contributed by atoms with van der Waals surface area (Å²) >= 11 is 0. The van der Waals surface area contributed by atoms with Gasteiger partial charge < -0.3 is 15.1 Å². The lowest BCUT2D eigenvalue weighted by atomic mass is 8.92. The number of rotatable bonds is 7. The summed E-state index contributed by atoms with van der Waals surface area (Å²) in [6.45, 7) is 0.862. The Kier molecular flexibility index (Phi) is 3.60. The van der Waals surface area contributed by atoms with Crippen molar-refractivity contribution in [1.29, 1.82) is 0 Å². The molecular weight excluding hydrogens is 526 g/mol. The molecule has 0 bridgehead atoms. The van der Waals surface area contributed by atoms with Crippen LogP contribution in [0.5, 0.6) is 0 Å². The number of benzene rings is 1. The number of aromatic nitrogens is 7. The van der Waals surface area contributed by atoms with E-state index in [9.17, 15) is 14.4 Å². The van der Waals surface area contributed by atoms with Crippen LogP contribution in [0, 0.1) is 40.9 Å². The van der Waals surface area contributed by atoms with Crippen LogP contribution in [-0.4, -0.2) is 52.7 Å². The number of fused-ring (bicyclic) bond motifs is 2. The first-order valence-electron chi connectivity index (χ1n) is 13.8. The summed E-state index contributed by atoms with van der Waals surface area (Å²) in [6, 6.07) is 8.45. The number of hydrogen-bond donors (Lipinski definition) is 3. The van der Waals surface area contributed by atoms with Crippen LogP contribution < -0.4 is 16.4 Å². The Morgan fingerprint density at radius 2 is 1.85 bits per heavy atom. The molecule has 0 unspecified atom stereocenters. The number of aromatic amines is 1. The summed E-state index contributed by atoms with van der Waals surface area (Å²) in [5, 5.41) is 17.5. The molecule has 3 N–H and O–H groups in total. The van der Waals surface area contributed by atoms with Gasteiger partial charge in [0.05, 0.1) is 11.7 Å². The molecule has 6 saturated carbocycles. The van der Waals surface area contributed by atoms with Crippen molar-refractivity contribution in [2.24, 2.45) is 48.0 Å². The molecule has 1 aromatic carbocycles. The van der Waals surface area contributed by atoms with Gasteiger partial charge in [-0.25, -0.2) is 19.3 Å². The maximum absolute atomic E-state index is 13.5. The molecule has 2 amide bonds. The van der Waals surface area contributed by atoms with E-state index in [2.05, 4.69) is 35.9 Å². The van der Waals surface area contributed by atoms with Gasteiger partial charge in [-0.2, -0.15) is 10.2 Å². The summed E-state index contributed by atoms with van der Waals surface area (Å²) in [7, 11) is 1.63. The van der Waals surface area contributed by atoms with Crippen molar-refractivity contribution in [2.45, 2.75) is 12.0 Å². The van der Waals surface area contributed by atoms with Crippen molar-refractivity contribution < 1.29 is 14.0 Å². The van der Waals surface area contributed by atoms with Crippen molar-refractivity contribution in [1.82, 2.24) is 45.0 Å². The van der Waals surface area contributed by atoms with Crippen molar-refractivity contribution in [3.63, 3.8) is 0 Å². The molecule has 6 fully saturated rings. The highest BCUT2D eigenvalue weighted by Gasteiger charge is 3.10. The normalized spacial score (nSPS) is 34.2. The van der Waals surface area contributed by atoms with E-state index in [0.29, 0.717) is 58.8 Å². The van der Waals surface area contributed by atoms with E-state index in [1.54, 1.807) is 43.8 Å². The van der Waals surface area contributed by atoms with Crippen molar-refractivity contribution in [3.05, 3.63) is 76.2 Å². The largest absolute Gasteiger partial charge is 0.419 e. The van der Waals surface area contributed by atoms with Gasteiger partial charge in [-0.05, 0) is 58.6 Å². The second-order valence-electron chi connectivity index (χ2n) is 12.3. The number of amides is 2. The van der Waals surface area contributed by atoms with E-state index in [1.807, 2.05) is 0 Å². The molecule has 6 aliphatic rings. The molecule has 4 aromatic heterocycles. The molecule has 41 heavy (non-hydrogen) atoms. The first kappa shape index (κ1) is 21.9. The van der Waals surface area contributed by atoms with E-state index in [-0.39, 0.29) is 34.7 Å². The summed E-state index contributed by atoms with van der Waals surface area (Å²) in [5.41, 5.74) is 3.22. The van der Waals surface area contributed by atoms with E-state index < -0.39 is 11.7 Å². The molecule has 0 radical (unpaired) electrons. The first-order chi connectivity index (χ1) is 20.0. The molecule has 0 atom stereocenters. The maximum atomic E-state index is 13.5. The van der Waals surface area contributed by atoms with Crippen LogP contribution in [0.4, 0.5) is 0 Å². The quantitative estimate of drug-likeness (QED) is 0.266. The predicted octanol–water partition coefficient (Wildman–Crippen LogP) is 0.642. The van der Waals surface area contributed by atoms with E-state index in [0.717, 1.165) is 11.4 Å². The second kappa shape index (κ2) is 6.73. The Morgan fingerprint density at radius 3 is 2.61 bits per heavy atom. The van der Waals surface area contributed by atoms with Gasteiger partial charge >= 0.3 is 5.76 Å². The Hall–Kier alpha value is -4.81. The van der Waals surface area contributed by atoms with Gasteiger partial charge in [-0.15, -0.1) is 0 Å². The van der Waals surface area contributed by atoms with Crippen molar-refractivity contribution in [2.75, 3.05) is 6.54 Å². The zero-order valence-corrected chi connectivity index (χ0v) is 21.7.